The van der Waals surface area contributed by atoms with Gasteiger partial charge in [-0.05, 0) is 38.1 Å². The molecule has 4 rings (SSSR count). The molecule has 3 aromatic rings. The summed E-state index contributed by atoms with van der Waals surface area (Å²) in [5.74, 6) is 0. The van der Waals surface area contributed by atoms with E-state index in [0.717, 1.165) is 79.2 Å². The van der Waals surface area contributed by atoms with E-state index in [2.05, 4.69) is 49.5 Å². The van der Waals surface area contributed by atoms with E-state index in [4.69, 9.17) is 5.10 Å². The Bertz CT molecular complexity index is 1190. The number of hydrogen-bond acceptors (Lipinski definition) is 7. The first-order valence-corrected chi connectivity index (χ1v) is 13.6. The number of anilines is 1. The van der Waals surface area contributed by atoms with Gasteiger partial charge in [0.2, 0.25) is 0 Å². The van der Waals surface area contributed by atoms with E-state index in [9.17, 15) is 15.2 Å². The Morgan fingerprint density at radius 3 is 2.43 bits per heavy atom. The van der Waals surface area contributed by atoms with Crippen LogP contribution >= 0.6 is 15.9 Å². The Morgan fingerprint density at radius 2 is 1.78 bits per heavy atom. The third-order valence-corrected chi connectivity index (χ3v) is 7.64. The maximum Gasteiger partial charge on any atom is 0.292 e. The van der Waals surface area contributed by atoms with Crippen LogP contribution in [0.15, 0.2) is 53.0 Å². The van der Waals surface area contributed by atoms with Crippen LogP contribution in [0.2, 0.25) is 0 Å². The van der Waals surface area contributed by atoms with Crippen molar-refractivity contribution in [2.75, 3.05) is 50.9 Å². The van der Waals surface area contributed by atoms with Gasteiger partial charge in [-0.3, -0.25) is 24.6 Å². The van der Waals surface area contributed by atoms with Crippen LogP contribution in [-0.4, -0.2) is 75.6 Å². The van der Waals surface area contributed by atoms with Crippen molar-refractivity contribution >= 4 is 27.3 Å². The lowest BCUT2D eigenvalue weighted by Crippen LogP contribution is -2.46. The van der Waals surface area contributed by atoms with Crippen LogP contribution in [0.1, 0.15) is 24.6 Å². The Morgan fingerprint density at radius 1 is 1.08 bits per heavy atom. The molecule has 0 bridgehead atoms. The average Bonchev–Trinajstić information content (AvgIpc) is 3.22. The van der Waals surface area contributed by atoms with Crippen molar-refractivity contribution in [3.63, 3.8) is 0 Å². The molecule has 0 spiro atoms. The molecular formula is C27H35BrN6O3. The van der Waals surface area contributed by atoms with Gasteiger partial charge < -0.3 is 10.0 Å². The highest BCUT2D eigenvalue weighted by molar-refractivity contribution is 9.10. The molecule has 2 aromatic carbocycles. The first kappa shape index (κ1) is 27.3. The second-order valence-electron chi connectivity index (χ2n) is 9.36. The number of benzene rings is 2. The number of nitrogens with zero attached hydrogens (tertiary/aromatic N) is 6. The highest BCUT2D eigenvalue weighted by Gasteiger charge is 2.23. The van der Waals surface area contributed by atoms with E-state index in [1.54, 1.807) is 12.1 Å². The summed E-state index contributed by atoms with van der Waals surface area (Å²) >= 11 is 3.51. The fourth-order valence-electron chi connectivity index (χ4n) is 4.86. The Balaban J connectivity index is 1.39. The summed E-state index contributed by atoms with van der Waals surface area (Å²) in [5.41, 5.74) is 5.19. The molecule has 37 heavy (non-hydrogen) atoms. The summed E-state index contributed by atoms with van der Waals surface area (Å²) in [6, 6.07) is 15.2. The van der Waals surface area contributed by atoms with Crippen molar-refractivity contribution < 1.29 is 10.0 Å². The van der Waals surface area contributed by atoms with Crippen molar-refractivity contribution in [2.24, 2.45) is 0 Å². The number of aryl methyl sites for hydroxylation is 1. The van der Waals surface area contributed by atoms with E-state index in [1.165, 1.54) is 0 Å². The number of nitro groups is 1. The van der Waals surface area contributed by atoms with Crippen molar-refractivity contribution in [2.45, 2.75) is 33.4 Å². The number of piperazine rings is 1. The maximum atomic E-state index is 11.4. The van der Waals surface area contributed by atoms with Crippen LogP contribution in [0.4, 0.5) is 11.4 Å². The molecule has 10 heteroatoms. The van der Waals surface area contributed by atoms with Crippen LogP contribution in [0, 0.1) is 17.0 Å². The highest BCUT2D eigenvalue weighted by Crippen LogP contribution is 2.29. The Kier molecular flexibility index (Phi) is 9.31. The molecular weight excluding hydrogens is 536 g/mol. The van der Waals surface area contributed by atoms with Gasteiger partial charge in [0.15, 0.2) is 0 Å². The van der Waals surface area contributed by atoms with Gasteiger partial charge in [0.05, 0.1) is 17.3 Å². The minimum atomic E-state index is -0.300. The number of para-hydroxylation sites is 2. The standard InChI is InChI=1S/C27H35BrN6O3/c1-3-30(20-35)19-24-21(2)33(29-27(24)22-9-11-23(28)12-10-22)14-6-13-31-15-17-32(18-16-31)25-7-4-5-8-26(25)34(36)37/h4-5,7-12,35H,3,6,13-20H2,1-2H3. The summed E-state index contributed by atoms with van der Waals surface area (Å²) in [6.07, 6.45) is 0.963. The number of aliphatic hydroxyl groups excluding tert-OH is 1. The molecule has 198 valence electrons. The summed E-state index contributed by atoms with van der Waals surface area (Å²) in [4.78, 5) is 17.6. The van der Waals surface area contributed by atoms with E-state index in [-0.39, 0.29) is 17.3 Å². The lowest BCUT2D eigenvalue weighted by molar-refractivity contribution is -0.384. The van der Waals surface area contributed by atoms with Gasteiger partial charge in [0.25, 0.3) is 5.69 Å². The topological polar surface area (TPSA) is 90.9 Å². The molecule has 1 aliphatic heterocycles. The Hall–Kier alpha value is -2.79. The molecule has 0 saturated carbocycles. The van der Waals surface area contributed by atoms with Crippen LogP contribution in [0.3, 0.4) is 0 Å². The molecule has 1 fully saturated rings. The summed E-state index contributed by atoms with van der Waals surface area (Å²) in [7, 11) is 0. The lowest BCUT2D eigenvalue weighted by atomic mass is 10.1. The summed E-state index contributed by atoms with van der Waals surface area (Å²) in [6.45, 7) is 10.6. The zero-order valence-electron chi connectivity index (χ0n) is 21.5. The monoisotopic (exact) mass is 570 g/mol. The van der Waals surface area contributed by atoms with Gasteiger partial charge >= 0.3 is 0 Å². The number of rotatable bonds is 11. The van der Waals surface area contributed by atoms with Gasteiger partial charge in [0, 0.05) is 73.2 Å². The molecule has 0 radical (unpaired) electrons. The highest BCUT2D eigenvalue weighted by atomic mass is 79.9. The number of aliphatic hydroxyl groups is 1. The van der Waals surface area contributed by atoms with E-state index < -0.39 is 0 Å². The summed E-state index contributed by atoms with van der Waals surface area (Å²) in [5, 5.41) is 26.1. The van der Waals surface area contributed by atoms with Gasteiger partial charge in [0.1, 0.15) is 5.69 Å². The smallest absolute Gasteiger partial charge is 0.292 e. The largest absolute Gasteiger partial charge is 0.381 e. The molecule has 1 aliphatic rings. The molecule has 1 N–H and O–H groups in total. The van der Waals surface area contributed by atoms with Gasteiger partial charge in [-0.15, -0.1) is 0 Å². The quantitative estimate of drug-likeness (QED) is 0.206. The van der Waals surface area contributed by atoms with Crippen LogP contribution in [0.5, 0.6) is 0 Å². The van der Waals surface area contributed by atoms with E-state index in [0.29, 0.717) is 12.2 Å². The number of aromatic nitrogens is 2. The van der Waals surface area contributed by atoms with Gasteiger partial charge in [-0.2, -0.15) is 5.10 Å². The molecule has 1 saturated heterocycles. The Labute approximate surface area is 226 Å². The number of nitro benzene ring substituents is 1. The number of hydrogen-bond donors (Lipinski definition) is 1. The third-order valence-electron chi connectivity index (χ3n) is 7.11. The first-order chi connectivity index (χ1) is 17.9. The molecule has 0 amide bonds. The lowest BCUT2D eigenvalue weighted by Gasteiger charge is -2.35. The second-order valence-corrected chi connectivity index (χ2v) is 10.3. The molecule has 0 unspecified atom stereocenters. The normalized spacial score (nSPS) is 14.5. The predicted octanol–water partition coefficient (Wildman–Crippen LogP) is 4.51. The van der Waals surface area contributed by atoms with Crippen molar-refractivity contribution in [3.8, 4) is 11.3 Å². The second kappa shape index (κ2) is 12.6. The minimum absolute atomic E-state index is 0.0129. The van der Waals surface area contributed by atoms with Crippen LogP contribution in [-0.2, 0) is 13.1 Å². The first-order valence-electron chi connectivity index (χ1n) is 12.8. The van der Waals surface area contributed by atoms with Crippen LogP contribution < -0.4 is 4.90 Å². The minimum Gasteiger partial charge on any atom is -0.381 e. The third kappa shape index (κ3) is 6.56. The van der Waals surface area contributed by atoms with Crippen molar-refractivity contribution in [3.05, 3.63) is 74.4 Å². The zero-order valence-corrected chi connectivity index (χ0v) is 23.1. The SMILES string of the molecule is CCN(CO)Cc1c(-c2ccc(Br)cc2)nn(CCCN2CCN(c3ccccc3[N+](=O)[O-])CC2)c1C. The van der Waals surface area contributed by atoms with Crippen molar-refractivity contribution in [1.29, 1.82) is 0 Å². The van der Waals surface area contributed by atoms with Crippen molar-refractivity contribution in [1.82, 2.24) is 19.6 Å². The molecule has 2 heterocycles. The predicted molar refractivity (Wildman–Crippen MR) is 150 cm³/mol. The molecule has 9 nitrogen and oxygen atoms in total. The zero-order chi connectivity index (χ0) is 26.4. The van der Waals surface area contributed by atoms with E-state index >= 15 is 0 Å². The summed E-state index contributed by atoms with van der Waals surface area (Å²) < 4.78 is 3.13. The van der Waals surface area contributed by atoms with Crippen LogP contribution in [0.25, 0.3) is 11.3 Å². The number of halogens is 1. The van der Waals surface area contributed by atoms with Gasteiger partial charge in [-0.1, -0.05) is 47.1 Å². The van der Waals surface area contributed by atoms with E-state index in [1.807, 2.05) is 36.1 Å². The van der Waals surface area contributed by atoms with Gasteiger partial charge in [-0.25, -0.2) is 0 Å². The average molecular weight is 572 g/mol. The maximum absolute atomic E-state index is 11.4. The molecule has 0 atom stereocenters. The fourth-order valence-corrected chi connectivity index (χ4v) is 5.12. The molecule has 0 aliphatic carbocycles. The fraction of sp³-hybridized carbons (Fsp3) is 0.444. The molecule has 1 aromatic heterocycles.